The van der Waals surface area contributed by atoms with Crippen LogP contribution in [-0.4, -0.2) is 116 Å². The standard InChI is InChI=1S/C41H76N4O10PS/c1-8-10-12-14-15-16-17-18-19-20-21-22-23-27-38(46)51-33-37(34-53-56(48,49)52-31-29-44(4,5)6)55-41(47)54-35(3)45(7)28-25-26-36(32-45)39-40(43-57-42-39)50-30-24-13-11-9-2/h26,35,37H,8-25,27-34H2,1-7H3/q+1/t35-,37?,45?/m1/s1. The molecule has 1 aliphatic rings. The number of carbonyl (C=O) groups is 2. The van der Waals surface area contributed by atoms with Gasteiger partial charge in [0, 0.05) is 25.3 Å². The number of aromatic nitrogens is 2. The summed E-state index contributed by atoms with van der Waals surface area (Å²) in [7, 11) is 2.97. The van der Waals surface area contributed by atoms with Crippen LogP contribution in [0.2, 0.25) is 0 Å². The smallest absolute Gasteiger partial charge is 0.513 e. The highest BCUT2D eigenvalue weighted by atomic mass is 32.1. The van der Waals surface area contributed by atoms with Gasteiger partial charge in [0.15, 0.2) is 6.10 Å². The molecule has 57 heavy (non-hydrogen) atoms. The lowest BCUT2D eigenvalue weighted by atomic mass is 10.0. The van der Waals surface area contributed by atoms with Crippen LogP contribution in [0.15, 0.2) is 6.08 Å². The van der Waals surface area contributed by atoms with Crippen LogP contribution >= 0.6 is 19.6 Å². The van der Waals surface area contributed by atoms with Crippen LogP contribution < -0.4 is 9.63 Å². The monoisotopic (exact) mass is 848 g/mol. The zero-order valence-electron chi connectivity index (χ0n) is 36.3. The van der Waals surface area contributed by atoms with Crippen LogP contribution in [-0.2, 0) is 32.6 Å². The molecule has 0 bridgehead atoms. The number of quaternary nitrogens is 2. The Labute approximate surface area is 348 Å². The van der Waals surface area contributed by atoms with Gasteiger partial charge < -0.3 is 37.4 Å². The van der Waals surface area contributed by atoms with Crippen molar-refractivity contribution in [2.75, 3.05) is 74.3 Å². The third-order valence-corrected chi connectivity index (χ3v) is 11.8. The van der Waals surface area contributed by atoms with Gasteiger partial charge in [-0.05, 0) is 12.8 Å². The van der Waals surface area contributed by atoms with Gasteiger partial charge in [0.1, 0.15) is 32.0 Å². The molecule has 1 aromatic heterocycles. The van der Waals surface area contributed by atoms with Crippen molar-refractivity contribution in [3.05, 3.63) is 11.8 Å². The van der Waals surface area contributed by atoms with Crippen molar-refractivity contribution in [1.29, 1.82) is 0 Å². The summed E-state index contributed by atoms with van der Waals surface area (Å²) >= 11 is 1.11. The summed E-state index contributed by atoms with van der Waals surface area (Å²) in [5.74, 6) is 0.0669. The van der Waals surface area contributed by atoms with E-state index in [1.165, 1.54) is 57.8 Å². The third kappa shape index (κ3) is 23.3. The van der Waals surface area contributed by atoms with Gasteiger partial charge in [0.25, 0.3) is 13.7 Å². The lowest BCUT2D eigenvalue weighted by Crippen LogP contribution is -2.55. The summed E-state index contributed by atoms with van der Waals surface area (Å²) < 4.78 is 55.1. The van der Waals surface area contributed by atoms with E-state index in [9.17, 15) is 19.0 Å². The summed E-state index contributed by atoms with van der Waals surface area (Å²) in [6, 6.07) is 0. The number of carbonyl (C=O) groups excluding carboxylic acids is 2. The van der Waals surface area contributed by atoms with E-state index in [4.69, 9.17) is 28.0 Å². The number of unbranched alkanes of at least 4 members (excludes halogenated alkanes) is 15. The van der Waals surface area contributed by atoms with Gasteiger partial charge in [-0.3, -0.25) is 13.8 Å². The van der Waals surface area contributed by atoms with Gasteiger partial charge in [0.05, 0.1) is 59.7 Å². The van der Waals surface area contributed by atoms with Crippen molar-refractivity contribution < 1.29 is 56.0 Å². The van der Waals surface area contributed by atoms with E-state index in [1.54, 1.807) is 6.92 Å². The average Bonchev–Trinajstić information content (AvgIpc) is 3.62. The minimum Gasteiger partial charge on any atom is -0.756 e. The molecule has 0 amide bonds. The second-order valence-corrected chi connectivity index (χ2v) is 18.6. The lowest BCUT2D eigenvalue weighted by Gasteiger charge is -2.41. The Balaban J connectivity index is 1.88. The molecule has 0 spiro atoms. The lowest BCUT2D eigenvalue weighted by molar-refractivity contribution is -0.944. The Kier molecular flexibility index (Phi) is 25.4. The fourth-order valence-electron chi connectivity index (χ4n) is 6.45. The molecule has 4 atom stereocenters. The van der Waals surface area contributed by atoms with Crippen LogP contribution in [0, 0.1) is 0 Å². The molecule has 1 aromatic rings. The van der Waals surface area contributed by atoms with E-state index in [0.29, 0.717) is 53.2 Å². The summed E-state index contributed by atoms with van der Waals surface area (Å²) in [6.07, 6.45) is 20.0. The number of likely N-dealkylation sites (N-methyl/N-ethyl adjacent to an activating group) is 2. The van der Waals surface area contributed by atoms with Gasteiger partial charge in [-0.1, -0.05) is 116 Å². The zero-order valence-corrected chi connectivity index (χ0v) is 38.1. The Hall–Kier alpha value is -2.13. The van der Waals surface area contributed by atoms with Gasteiger partial charge in [-0.2, -0.15) is 4.37 Å². The van der Waals surface area contributed by atoms with Gasteiger partial charge in [0.2, 0.25) is 6.23 Å². The number of rotatable bonds is 33. The molecule has 16 heteroatoms. The molecule has 14 nitrogen and oxygen atoms in total. The molecule has 330 valence electrons. The van der Waals surface area contributed by atoms with Crippen LogP contribution in [0.3, 0.4) is 0 Å². The molecule has 0 saturated carbocycles. The number of phosphoric acid groups is 1. The first-order chi connectivity index (χ1) is 27.2. The van der Waals surface area contributed by atoms with E-state index < -0.39 is 45.5 Å². The number of hydrogen-bond acceptors (Lipinski definition) is 13. The maximum absolute atomic E-state index is 13.2. The van der Waals surface area contributed by atoms with Crippen LogP contribution in [0.4, 0.5) is 4.79 Å². The molecular formula is C41H76N4O10PS+. The molecule has 1 aliphatic heterocycles. The number of phosphoric ester groups is 1. The topological polar surface area (TPSA) is 155 Å². The van der Waals surface area contributed by atoms with Gasteiger partial charge in [-0.25, -0.2) is 4.79 Å². The molecular weight excluding hydrogens is 772 g/mol. The summed E-state index contributed by atoms with van der Waals surface area (Å²) in [5, 5.41) is 0. The Morgan fingerprint density at radius 1 is 0.842 bits per heavy atom. The second-order valence-electron chi connectivity index (χ2n) is 16.7. The maximum Gasteiger partial charge on any atom is 0.513 e. The number of esters is 1. The highest BCUT2D eigenvalue weighted by Crippen LogP contribution is 2.38. The van der Waals surface area contributed by atoms with E-state index in [2.05, 4.69) is 28.7 Å². The second kappa shape index (κ2) is 28.4. The van der Waals surface area contributed by atoms with Crippen LogP contribution in [0.25, 0.3) is 5.57 Å². The average molecular weight is 848 g/mol. The summed E-state index contributed by atoms with van der Waals surface area (Å²) in [6.45, 7) is 7.32. The minimum absolute atomic E-state index is 0.0834. The van der Waals surface area contributed by atoms with Crippen molar-refractivity contribution in [2.45, 2.75) is 155 Å². The normalized spacial score (nSPS) is 18.0. The van der Waals surface area contributed by atoms with Crippen molar-refractivity contribution in [3.8, 4) is 5.88 Å². The molecule has 0 aliphatic carbocycles. The first kappa shape index (κ1) is 51.0. The minimum atomic E-state index is -4.74. The highest BCUT2D eigenvalue weighted by Gasteiger charge is 2.37. The summed E-state index contributed by atoms with van der Waals surface area (Å²) in [4.78, 5) is 38.4. The van der Waals surface area contributed by atoms with E-state index in [0.717, 1.165) is 68.7 Å². The predicted octanol–water partition coefficient (Wildman–Crippen LogP) is 8.83. The van der Waals surface area contributed by atoms with E-state index in [1.807, 2.05) is 28.2 Å². The zero-order chi connectivity index (χ0) is 42.0. The van der Waals surface area contributed by atoms with Crippen molar-refractivity contribution in [1.82, 2.24) is 8.75 Å². The van der Waals surface area contributed by atoms with Crippen molar-refractivity contribution in [3.63, 3.8) is 0 Å². The van der Waals surface area contributed by atoms with Gasteiger partial charge >= 0.3 is 12.1 Å². The summed E-state index contributed by atoms with van der Waals surface area (Å²) in [5.41, 5.74) is 1.67. The first-order valence-corrected chi connectivity index (χ1v) is 23.8. The number of nitrogens with zero attached hydrogens (tertiary/aromatic N) is 4. The van der Waals surface area contributed by atoms with E-state index >= 15 is 0 Å². The SMILES string of the molecule is CCCCCCCCCCCCCCCC(=O)OCC(COP(=O)([O-])OCC[N+](C)(C)C)OC(=O)O[C@H](C)[N+]1(C)CCC=C(c2nsnc2OCCCCCC)C1. The molecule has 2 rings (SSSR count). The molecule has 2 heterocycles. The Morgan fingerprint density at radius 2 is 1.44 bits per heavy atom. The predicted molar refractivity (Wildman–Crippen MR) is 223 cm³/mol. The third-order valence-electron chi connectivity index (χ3n) is 10.3. The van der Waals surface area contributed by atoms with Crippen LogP contribution in [0.1, 0.15) is 148 Å². The maximum atomic E-state index is 13.2. The first-order valence-electron chi connectivity index (χ1n) is 21.6. The van der Waals surface area contributed by atoms with E-state index in [-0.39, 0.29) is 13.0 Å². The van der Waals surface area contributed by atoms with Crippen molar-refractivity contribution in [2.24, 2.45) is 0 Å². The Morgan fingerprint density at radius 3 is 2.05 bits per heavy atom. The van der Waals surface area contributed by atoms with Crippen LogP contribution in [0.5, 0.6) is 5.88 Å². The molecule has 3 unspecified atom stereocenters. The van der Waals surface area contributed by atoms with Gasteiger partial charge in [-0.15, -0.1) is 4.37 Å². The number of ether oxygens (including phenoxy) is 4. The molecule has 0 N–H and O–H groups in total. The highest BCUT2D eigenvalue weighted by molar-refractivity contribution is 7.45. The molecule has 0 saturated heterocycles. The largest absolute Gasteiger partial charge is 0.756 e. The molecule has 0 fully saturated rings. The number of hydrogen-bond donors (Lipinski definition) is 0. The molecule has 0 aromatic carbocycles. The quantitative estimate of drug-likeness (QED) is 0.0287. The fourth-order valence-corrected chi connectivity index (χ4v) is 7.71. The Bertz CT molecular complexity index is 1340. The fraction of sp³-hybridized carbons (Fsp3) is 0.854. The molecule has 0 radical (unpaired) electrons. The van der Waals surface area contributed by atoms with Crippen molar-refractivity contribution >= 4 is 37.2 Å².